The van der Waals surface area contributed by atoms with Crippen LogP contribution in [0.25, 0.3) is 0 Å². The van der Waals surface area contributed by atoms with Gasteiger partial charge in [-0.3, -0.25) is 0 Å². The normalized spacial score (nSPS) is 28.3. The molecule has 100 valence electrons. The van der Waals surface area contributed by atoms with Crippen molar-refractivity contribution in [2.24, 2.45) is 5.41 Å². The maximum absolute atomic E-state index is 12.1. The van der Waals surface area contributed by atoms with Crippen LogP contribution in [-0.4, -0.2) is 40.4 Å². The van der Waals surface area contributed by atoms with Crippen LogP contribution in [0.4, 0.5) is 4.79 Å². The first kappa shape index (κ1) is 14.3. The third kappa shape index (κ3) is 3.35. The van der Waals surface area contributed by atoms with Crippen LogP contribution in [0.1, 0.15) is 48.0 Å². The second-order valence-corrected chi connectivity index (χ2v) is 7.02. The van der Waals surface area contributed by atoms with Crippen LogP contribution >= 0.6 is 0 Å². The number of hydrogen-bond donors (Lipinski definition) is 1. The molecule has 0 aliphatic carbocycles. The summed E-state index contributed by atoms with van der Waals surface area (Å²) in [7, 11) is 0. The molecular formula is C13H25NO3. The van der Waals surface area contributed by atoms with E-state index < -0.39 is 5.60 Å². The van der Waals surface area contributed by atoms with Crippen LogP contribution in [0, 0.1) is 5.41 Å². The Balaban J connectivity index is 2.81. The number of hydrogen-bond acceptors (Lipinski definition) is 3. The van der Waals surface area contributed by atoms with Gasteiger partial charge in [0.15, 0.2) is 0 Å². The van der Waals surface area contributed by atoms with Crippen molar-refractivity contribution in [3.05, 3.63) is 0 Å². The molecule has 4 heteroatoms. The zero-order valence-electron chi connectivity index (χ0n) is 11.8. The number of ether oxygens (including phenoxy) is 1. The first-order chi connectivity index (χ1) is 7.49. The molecule has 1 amide bonds. The van der Waals surface area contributed by atoms with E-state index >= 15 is 0 Å². The molecule has 1 aliphatic rings. The molecule has 1 N–H and O–H groups in total. The maximum atomic E-state index is 12.1. The molecule has 17 heavy (non-hydrogen) atoms. The summed E-state index contributed by atoms with van der Waals surface area (Å²) in [6.45, 7) is 12.2. The number of aliphatic hydroxyl groups excluding tert-OH is 1. The number of rotatable bonds is 1. The Kier molecular flexibility index (Phi) is 3.50. The highest BCUT2D eigenvalue weighted by Gasteiger charge is 2.48. The number of aliphatic hydroxyl groups is 1. The van der Waals surface area contributed by atoms with Gasteiger partial charge in [-0.15, -0.1) is 0 Å². The van der Waals surface area contributed by atoms with Crippen molar-refractivity contribution in [1.82, 2.24) is 4.90 Å². The zero-order chi connectivity index (χ0) is 13.5. The average Bonchev–Trinajstić information content (AvgIpc) is 2.34. The highest BCUT2D eigenvalue weighted by molar-refractivity contribution is 5.69. The van der Waals surface area contributed by atoms with E-state index in [1.165, 1.54) is 0 Å². The largest absolute Gasteiger partial charge is 0.444 e. The Morgan fingerprint density at radius 3 is 2.24 bits per heavy atom. The molecule has 1 rings (SSSR count). The van der Waals surface area contributed by atoms with E-state index in [-0.39, 0.29) is 23.7 Å². The van der Waals surface area contributed by atoms with E-state index in [1.807, 2.05) is 41.5 Å². The summed E-state index contributed by atoms with van der Waals surface area (Å²) in [5, 5.41) is 9.41. The van der Waals surface area contributed by atoms with Crippen LogP contribution < -0.4 is 0 Å². The molecule has 0 aromatic carbocycles. The zero-order valence-corrected chi connectivity index (χ0v) is 11.8. The molecule has 1 saturated heterocycles. The van der Waals surface area contributed by atoms with Crippen molar-refractivity contribution >= 4 is 6.09 Å². The second-order valence-electron chi connectivity index (χ2n) is 7.02. The Morgan fingerprint density at radius 2 is 1.88 bits per heavy atom. The fourth-order valence-electron chi connectivity index (χ4n) is 2.53. The number of likely N-dealkylation sites (tertiary alicyclic amines) is 1. The predicted molar refractivity (Wildman–Crippen MR) is 66.8 cm³/mol. The maximum Gasteiger partial charge on any atom is 0.410 e. The predicted octanol–water partition coefficient (Wildman–Crippen LogP) is 2.40. The van der Waals surface area contributed by atoms with Gasteiger partial charge in [0.2, 0.25) is 0 Å². The van der Waals surface area contributed by atoms with Gasteiger partial charge in [0, 0.05) is 17.5 Å². The van der Waals surface area contributed by atoms with Crippen molar-refractivity contribution in [2.45, 2.75) is 59.1 Å². The molecule has 1 heterocycles. The van der Waals surface area contributed by atoms with E-state index in [2.05, 4.69) is 0 Å². The van der Waals surface area contributed by atoms with Gasteiger partial charge in [0.05, 0.1) is 6.61 Å². The van der Waals surface area contributed by atoms with Gasteiger partial charge < -0.3 is 14.7 Å². The van der Waals surface area contributed by atoms with Gasteiger partial charge in [-0.1, -0.05) is 6.92 Å². The number of carbonyl (C=O) groups is 1. The van der Waals surface area contributed by atoms with Crippen LogP contribution in [0.2, 0.25) is 0 Å². The highest BCUT2D eigenvalue weighted by atomic mass is 16.6. The molecule has 0 bridgehead atoms. The first-order valence-electron chi connectivity index (χ1n) is 6.11. The van der Waals surface area contributed by atoms with Gasteiger partial charge in [-0.05, 0) is 41.0 Å². The SMILES string of the molecule is CC1(CO)CN(C(=O)OC(C)(C)C)C(C)(C)C1. The third-order valence-corrected chi connectivity index (χ3v) is 3.13. The molecular weight excluding hydrogens is 218 g/mol. The van der Waals surface area contributed by atoms with Crippen molar-refractivity contribution in [2.75, 3.05) is 13.2 Å². The van der Waals surface area contributed by atoms with Crippen molar-refractivity contribution in [3.8, 4) is 0 Å². The van der Waals surface area contributed by atoms with E-state index in [0.29, 0.717) is 6.54 Å². The van der Waals surface area contributed by atoms with Crippen LogP contribution in [0.5, 0.6) is 0 Å². The molecule has 1 fully saturated rings. The summed E-state index contributed by atoms with van der Waals surface area (Å²) in [5.41, 5.74) is -0.967. The van der Waals surface area contributed by atoms with Crippen molar-refractivity contribution in [1.29, 1.82) is 0 Å². The lowest BCUT2D eigenvalue weighted by molar-refractivity contribution is 0.0120. The lowest BCUT2D eigenvalue weighted by Gasteiger charge is -2.33. The summed E-state index contributed by atoms with van der Waals surface area (Å²) >= 11 is 0. The Bertz CT molecular complexity index is 306. The van der Waals surface area contributed by atoms with E-state index in [9.17, 15) is 9.90 Å². The Morgan fingerprint density at radius 1 is 1.35 bits per heavy atom. The third-order valence-electron chi connectivity index (χ3n) is 3.13. The number of amides is 1. The molecule has 0 saturated carbocycles. The highest BCUT2D eigenvalue weighted by Crippen LogP contribution is 2.41. The van der Waals surface area contributed by atoms with Crippen LogP contribution in [0.15, 0.2) is 0 Å². The molecule has 1 aliphatic heterocycles. The Labute approximate surface area is 104 Å². The fraction of sp³-hybridized carbons (Fsp3) is 0.923. The lowest BCUT2D eigenvalue weighted by atomic mass is 9.85. The molecule has 0 radical (unpaired) electrons. The van der Waals surface area contributed by atoms with E-state index in [1.54, 1.807) is 4.90 Å². The molecule has 4 nitrogen and oxygen atoms in total. The van der Waals surface area contributed by atoms with Gasteiger partial charge in [-0.2, -0.15) is 0 Å². The second kappa shape index (κ2) is 4.16. The summed E-state index contributed by atoms with van der Waals surface area (Å²) in [6.07, 6.45) is 0.495. The average molecular weight is 243 g/mol. The lowest BCUT2D eigenvalue weighted by Crippen LogP contribution is -2.45. The molecule has 1 atom stereocenters. The smallest absolute Gasteiger partial charge is 0.410 e. The standard InChI is InChI=1S/C13H25NO3/c1-11(2,3)17-10(16)14-8-13(6,9-15)7-12(14,4)5/h15H,7-9H2,1-6H3. The molecule has 0 aromatic heterocycles. The van der Waals surface area contributed by atoms with Crippen LogP contribution in [-0.2, 0) is 4.74 Å². The summed E-state index contributed by atoms with van der Waals surface area (Å²) < 4.78 is 5.40. The Hall–Kier alpha value is -0.770. The van der Waals surface area contributed by atoms with E-state index in [0.717, 1.165) is 6.42 Å². The monoisotopic (exact) mass is 243 g/mol. The minimum absolute atomic E-state index is 0.0930. The van der Waals surface area contributed by atoms with E-state index in [4.69, 9.17) is 4.74 Å². The fourth-order valence-corrected chi connectivity index (χ4v) is 2.53. The minimum Gasteiger partial charge on any atom is -0.444 e. The van der Waals surface area contributed by atoms with Gasteiger partial charge in [0.25, 0.3) is 0 Å². The number of carbonyl (C=O) groups excluding carboxylic acids is 1. The van der Waals surface area contributed by atoms with Gasteiger partial charge in [0.1, 0.15) is 5.60 Å². The minimum atomic E-state index is -0.481. The summed E-state index contributed by atoms with van der Waals surface area (Å²) in [6, 6.07) is 0. The number of nitrogens with zero attached hydrogens (tertiary/aromatic N) is 1. The van der Waals surface area contributed by atoms with Crippen molar-refractivity contribution in [3.63, 3.8) is 0 Å². The molecule has 0 spiro atoms. The molecule has 0 aromatic rings. The summed E-state index contributed by atoms with van der Waals surface area (Å²) in [4.78, 5) is 13.8. The van der Waals surface area contributed by atoms with Gasteiger partial charge in [-0.25, -0.2) is 4.79 Å². The van der Waals surface area contributed by atoms with Gasteiger partial charge >= 0.3 is 6.09 Å². The van der Waals surface area contributed by atoms with Crippen molar-refractivity contribution < 1.29 is 14.6 Å². The topological polar surface area (TPSA) is 49.8 Å². The summed E-state index contributed by atoms with van der Waals surface area (Å²) in [5.74, 6) is 0. The molecule has 1 unspecified atom stereocenters. The first-order valence-corrected chi connectivity index (χ1v) is 6.11. The quantitative estimate of drug-likeness (QED) is 0.769. The van der Waals surface area contributed by atoms with Crippen LogP contribution in [0.3, 0.4) is 0 Å².